The number of nitrogens with one attached hydrogen (secondary N) is 2. The molecule has 0 radical (unpaired) electrons. The van der Waals surface area contributed by atoms with Crippen molar-refractivity contribution < 1.29 is 9.59 Å². The van der Waals surface area contributed by atoms with Crippen LogP contribution in [0, 0.1) is 11.8 Å². The van der Waals surface area contributed by atoms with Gasteiger partial charge in [0.1, 0.15) is 0 Å². The minimum atomic E-state index is -0.136. The highest BCUT2D eigenvalue weighted by atomic mass is 16.2. The van der Waals surface area contributed by atoms with Crippen molar-refractivity contribution in [1.82, 2.24) is 5.32 Å². The van der Waals surface area contributed by atoms with E-state index < -0.39 is 0 Å². The lowest BCUT2D eigenvalue weighted by atomic mass is 9.98. The summed E-state index contributed by atoms with van der Waals surface area (Å²) in [6.07, 6.45) is 0.431. The predicted molar refractivity (Wildman–Crippen MR) is 81.3 cm³/mol. The number of benzene rings is 1. The minimum absolute atomic E-state index is 0.0688. The van der Waals surface area contributed by atoms with Gasteiger partial charge in [0.2, 0.25) is 11.8 Å². The molecule has 1 atom stereocenters. The molecule has 0 aliphatic rings. The van der Waals surface area contributed by atoms with E-state index in [1.807, 2.05) is 30.3 Å². The highest BCUT2D eigenvalue weighted by Gasteiger charge is 2.10. The maximum atomic E-state index is 11.7. The molecule has 0 bridgehead atoms. The number of carbonyl (C=O) groups is 2. The second-order valence-corrected chi connectivity index (χ2v) is 5.44. The number of para-hydroxylation sites is 1. The Morgan fingerprint density at radius 1 is 1.00 bits per heavy atom. The van der Waals surface area contributed by atoms with Crippen LogP contribution >= 0.6 is 0 Å². The molecule has 0 heterocycles. The van der Waals surface area contributed by atoms with Crippen LogP contribution in [0.25, 0.3) is 0 Å². The van der Waals surface area contributed by atoms with Gasteiger partial charge < -0.3 is 10.6 Å². The van der Waals surface area contributed by atoms with Crippen LogP contribution in [0.2, 0.25) is 0 Å². The molecule has 0 fully saturated rings. The summed E-state index contributed by atoms with van der Waals surface area (Å²) in [7, 11) is 0. The van der Waals surface area contributed by atoms with E-state index in [-0.39, 0.29) is 24.7 Å². The van der Waals surface area contributed by atoms with Crippen molar-refractivity contribution >= 4 is 17.5 Å². The summed E-state index contributed by atoms with van der Waals surface area (Å²) in [5.41, 5.74) is 0.756. The van der Waals surface area contributed by atoms with Gasteiger partial charge >= 0.3 is 0 Å². The largest absolute Gasteiger partial charge is 0.356 e. The first-order valence-electron chi connectivity index (χ1n) is 7.10. The quantitative estimate of drug-likeness (QED) is 0.804. The monoisotopic (exact) mass is 276 g/mol. The maximum Gasteiger partial charge on any atom is 0.224 e. The van der Waals surface area contributed by atoms with Gasteiger partial charge in [-0.25, -0.2) is 0 Å². The van der Waals surface area contributed by atoms with Crippen LogP contribution in [-0.2, 0) is 9.59 Å². The van der Waals surface area contributed by atoms with E-state index in [9.17, 15) is 9.59 Å². The van der Waals surface area contributed by atoms with Gasteiger partial charge in [-0.1, -0.05) is 39.0 Å². The second kappa shape index (κ2) is 8.35. The van der Waals surface area contributed by atoms with Crippen molar-refractivity contribution in [1.29, 1.82) is 0 Å². The minimum Gasteiger partial charge on any atom is -0.356 e. The lowest BCUT2D eigenvalue weighted by molar-refractivity contribution is -0.124. The number of rotatable bonds is 7. The predicted octanol–water partition coefficient (Wildman–Crippen LogP) is 2.81. The van der Waals surface area contributed by atoms with Gasteiger partial charge in [0.25, 0.3) is 0 Å². The molecule has 2 amide bonds. The first-order valence-corrected chi connectivity index (χ1v) is 7.10. The van der Waals surface area contributed by atoms with Crippen LogP contribution in [0.4, 0.5) is 5.69 Å². The van der Waals surface area contributed by atoms with E-state index in [1.54, 1.807) is 0 Å². The molecule has 1 aromatic carbocycles. The smallest absolute Gasteiger partial charge is 0.224 e. The van der Waals surface area contributed by atoms with Crippen LogP contribution in [0.1, 0.15) is 33.6 Å². The number of anilines is 1. The molecule has 2 N–H and O–H groups in total. The summed E-state index contributed by atoms with van der Waals surface area (Å²) in [4.78, 5) is 23.3. The SMILES string of the molecule is CC(C)C(C)CNC(=O)CCC(=O)Nc1ccccc1. The van der Waals surface area contributed by atoms with Gasteiger partial charge in [0.05, 0.1) is 0 Å². The molecule has 4 heteroatoms. The zero-order valence-corrected chi connectivity index (χ0v) is 12.5. The van der Waals surface area contributed by atoms with Crippen molar-refractivity contribution in [2.24, 2.45) is 11.8 Å². The van der Waals surface area contributed by atoms with E-state index in [1.165, 1.54) is 0 Å². The standard InChI is InChI=1S/C16H24N2O2/c1-12(2)13(3)11-17-15(19)9-10-16(20)18-14-7-5-4-6-8-14/h4-8,12-13H,9-11H2,1-3H3,(H,17,19)(H,18,20). The molecule has 0 saturated carbocycles. The van der Waals surface area contributed by atoms with Gasteiger partial charge in [-0.15, -0.1) is 0 Å². The van der Waals surface area contributed by atoms with Crippen molar-refractivity contribution in [2.45, 2.75) is 33.6 Å². The third-order valence-electron chi connectivity index (χ3n) is 3.40. The second-order valence-electron chi connectivity index (χ2n) is 5.44. The molecule has 110 valence electrons. The van der Waals surface area contributed by atoms with E-state index in [0.29, 0.717) is 18.4 Å². The molecule has 1 unspecified atom stereocenters. The Balaban J connectivity index is 2.22. The van der Waals surface area contributed by atoms with Crippen molar-refractivity contribution in [2.75, 3.05) is 11.9 Å². The number of hydrogen-bond acceptors (Lipinski definition) is 2. The van der Waals surface area contributed by atoms with Crippen molar-refractivity contribution in [3.63, 3.8) is 0 Å². The van der Waals surface area contributed by atoms with Crippen molar-refractivity contribution in [3.05, 3.63) is 30.3 Å². The van der Waals surface area contributed by atoms with Gasteiger partial charge in [-0.05, 0) is 24.0 Å². The fourth-order valence-electron chi connectivity index (χ4n) is 1.57. The third-order valence-corrected chi connectivity index (χ3v) is 3.40. The molecule has 1 rings (SSSR count). The summed E-state index contributed by atoms with van der Waals surface area (Å²) in [5.74, 6) is 0.776. The van der Waals surface area contributed by atoms with Crippen LogP contribution < -0.4 is 10.6 Å². The zero-order valence-electron chi connectivity index (χ0n) is 12.5. The molecule has 1 aromatic rings. The molecule has 0 spiro atoms. The lowest BCUT2D eigenvalue weighted by Crippen LogP contribution is -2.30. The Morgan fingerprint density at radius 3 is 2.20 bits per heavy atom. The number of amides is 2. The molecule has 0 aliphatic heterocycles. The average Bonchev–Trinajstić information content (AvgIpc) is 2.43. The van der Waals surface area contributed by atoms with E-state index in [4.69, 9.17) is 0 Å². The molecular weight excluding hydrogens is 252 g/mol. The Hall–Kier alpha value is -1.84. The van der Waals surface area contributed by atoms with Gasteiger partial charge in [-0.2, -0.15) is 0 Å². The molecular formula is C16H24N2O2. The molecule has 0 aliphatic carbocycles. The summed E-state index contributed by atoms with van der Waals surface area (Å²) < 4.78 is 0. The Labute approximate surface area is 121 Å². The fraction of sp³-hybridized carbons (Fsp3) is 0.500. The number of hydrogen-bond donors (Lipinski definition) is 2. The Bertz CT molecular complexity index is 429. The van der Waals surface area contributed by atoms with Crippen LogP contribution in [0.3, 0.4) is 0 Å². The topological polar surface area (TPSA) is 58.2 Å². The van der Waals surface area contributed by atoms with Gasteiger partial charge in [0, 0.05) is 25.1 Å². The van der Waals surface area contributed by atoms with E-state index in [0.717, 1.165) is 5.69 Å². The van der Waals surface area contributed by atoms with Crippen LogP contribution in [0.5, 0.6) is 0 Å². The van der Waals surface area contributed by atoms with Gasteiger partial charge in [-0.3, -0.25) is 9.59 Å². The normalized spacial score (nSPS) is 12.0. The lowest BCUT2D eigenvalue weighted by Gasteiger charge is -2.15. The highest BCUT2D eigenvalue weighted by Crippen LogP contribution is 2.08. The van der Waals surface area contributed by atoms with E-state index in [2.05, 4.69) is 31.4 Å². The summed E-state index contributed by atoms with van der Waals surface area (Å²) in [6, 6.07) is 9.24. The fourth-order valence-corrected chi connectivity index (χ4v) is 1.57. The third kappa shape index (κ3) is 6.36. The van der Waals surface area contributed by atoms with Gasteiger partial charge in [0.15, 0.2) is 0 Å². The average molecular weight is 276 g/mol. The molecule has 20 heavy (non-hydrogen) atoms. The maximum absolute atomic E-state index is 11.7. The van der Waals surface area contributed by atoms with Crippen LogP contribution in [-0.4, -0.2) is 18.4 Å². The van der Waals surface area contributed by atoms with Crippen LogP contribution in [0.15, 0.2) is 30.3 Å². The summed E-state index contributed by atoms with van der Waals surface area (Å²) in [6.45, 7) is 7.03. The zero-order chi connectivity index (χ0) is 15.0. The highest BCUT2D eigenvalue weighted by molar-refractivity contribution is 5.93. The Kier molecular flexibility index (Phi) is 6.77. The van der Waals surface area contributed by atoms with Crippen molar-refractivity contribution in [3.8, 4) is 0 Å². The summed E-state index contributed by atoms with van der Waals surface area (Å²) >= 11 is 0. The first-order chi connectivity index (χ1) is 9.49. The molecule has 4 nitrogen and oxygen atoms in total. The first kappa shape index (κ1) is 16.2. The molecule has 0 saturated heterocycles. The molecule has 0 aromatic heterocycles. The Morgan fingerprint density at radius 2 is 1.60 bits per heavy atom. The van der Waals surface area contributed by atoms with E-state index >= 15 is 0 Å². The summed E-state index contributed by atoms with van der Waals surface area (Å²) in [5, 5.41) is 5.63. The number of carbonyl (C=O) groups excluding carboxylic acids is 2.